The predicted molar refractivity (Wildman–Crippen MR) is 23.5 cm³/mol. The van der Waals surface area contributed by atoms with Gasteiger partial charge >= 0.3 is 0 Å². The third-order valence-corrected chi connectivity index (χ3v) is 0.781. The van der Waals surface area contributed by atoms with E-state index in [1.807, 2.05) is 0 Å². The van der Waals surface area contributed by atoms with Crippen LogP contribution < -0.4 is 10.2 Å². The van der Waals surface area contributed by atoms with Gasteiger partial charge in [0, 0.05) is 0 Å². The van der Waals surface area contributed by atoms with Gasteiger partial charge in [-0.15, -0.1) is 13.2 Å². The molecule has 7 heavy (non-hydrogen) atoms. The molecule has 2 nitrogen and oxygen atoms in total. The summed E-state index contributed by atoms with van der Waals surface area (Å²) in [7, 11) is 0. The van der Waals surface area contributed by atoms with Gasteiger partial charge in [-0.3, -0.25) is 0 Å². The molecule has 0 aliphatic heterocycles. The van der Waals surface area contributed by atoms with E-state index in [2.05, 4.69) is 0 Å². The molecule has 0 spiro atoms. The second kappa shape index (κ2) is 2.28. The Balaban J connectivity index is 3.36. The van der Waals surface area contributed by atoms with Crippen molar-refractivity contribution in [3.8, 4) is 0 Å². The third kappa shape index (κ3) is 2.60. The fourth-order valence-corrected chi connectivity index (χ4v) is 0.0417. The molecule has 0 aliphatic carbocycles. The number of rotatable bonds is 2. The van der Waals surface area contributed by atoms with Crippen LogP contribution in [0.5, 0.6) is 0 Å². The smallest absolute Gasteiger partial charge is 0.0625 e. The molecule has 0 heterocycles. The molecule has 0 saturated heterocycles. The largest absolute Gasteiger partial charge is 0.854 e. The molecule has 0 aliphatic rings. The summed E-state index contributed by atoms with van der Waals surface area (Å²) in [4.78, 5) is 0. The normalized spacial score (nSPS) is 12.0. The monoisotopic (exact) mass is 102 g/mol. The lowest BCUT2D eigenvalue weighted by atomic mass is 9.97. The standard InChI is InChI=1S/C5H10O2/c1-5(2,3-6)4-7/h3-4H2,1-2H3/q-2. The molecule has 0 aromatic heterocycles. The van der Waals surface area contributed by atoms with Crippen LogP contribution in [0.2, 0.25) is 0 Å². The summed E-state index contributed by atoms with van der Waals surface area (Å²) in [5.41, 5.74) is -0.528. The van der Waals surface area contributed by atoms with Crippen molar-refractivity contribution in [2.45, 2.75) is 13.8 Å². The summed E-state index contributed by atoms with van der Waals surface area (Å²) in [5, 5.41) is 20.0. The van der Waals surface area contributed by atoms with Crippen LogP contribution >= 0.6 is 0 Å². The summed E-state index contributed by atoms with van der Waals surface area (Å²) in [5.74, 6) is 0. The van der Waals surface area contributed by atoms with E-state index in [0.717, 1.165) is 0 Å². The zero-order valence-corrected chi connectivity index (χ0v) is 4.73. The van der Waals surface area contributed by atoms with Gasteiger partial charge in [-0.2, -0.15) is 0 Å². The van der Waals surface area contributed by atoms with Crippen molar-refractivity contribution in [3.63, 3.8) is 0 Å². The van der Waals surface area contributed by atoms with Gasteiger partial charge in [0.15, 0.2) is 0 Å². The molecule has 0 bridgehead atoms. The van der Waals surface area contributed by atoms with E-state index < -0.39 is 5.41 Å². The van der Waals surface area contributed by atoms with E-state index in [1.54, 1.807) is 13.8 Å². The highest BCUT2D eigenvalue weighted by Gasteiger charge is 2.01. The van der Waals surface area contributed by atoms with Crippen molar-refractivity contribution in [2.75, 3.05) is 13.2 Å². The maximum absolute atomic E-state index is 9.98. The summed E-state index contributed by atoms with van der Waals surface area (Å²) < 4.78 is 0. The minimum Gasteiger partial charge on any atom is -0.854 e. The highest BCUT2D eigenvalue weighted by Crippen LogP contribution is 2.07. The third-order valence-electron chi connectivity index (χ3n) is 0.781. The van der Waals surface area contributed by atoms with Gasteiger partial charge in [0.25, 0.3) is 0 Å². The Morgan fingerprint density at radius 1 is 1.14 bits per heavy atom. The average molecular weight is 102 g/mol. The van der Waals surface area contributed by atoms with Gasteiger partial charge in [-0.1, -0.05) is 19.3 Å². The lowest BCUT2D eigenvalue weighted by Crippen LogP contribution is -2.35. The Morgan fingerprint density at radius 2 is 1.43 bits per heavy atom. The van der Waals surface area contributed by atoms with Crippen molar-refractivity contribution in [3.05, 3.63) is 0 Å². The molecular weight excluding hydrogens is 92.1 g/mol. The topological polar surface area (TPSA) is 46.1 Å². The van der Waals surface area contributed by atoms with E-state index in [-0.39, 0.29) is 13.2 Å². The second-order valence-corrected chi connectivity index (χ2v) is 2.45. The van der Waals surface area contributed by atoms with E-state index >= 15 is 0 Å². The molecule has 0 radical (unpaired) electrons. The molecule has 2 heteroatoms. The lowest BCUT2D eigenvalue weighted by molar-refractivity contribution is -0.438. The van der Waals surface area contributed by atoms with Crippen LogP contribution in [0.3, 0.4) is 0 Å². The van der Waals surface area contributed by atoms with Gasteiger partial charge in [0.1, 0.15) is 0 Å². The minimum absolute atomic E-state index is 0.267. The summed E-state index contributed by atoms with van der Waals surface area (Å²) in [6.07, 6.45) is 0. The Labute approximate surface area is 43.8 Å². The van der Waals surface area contributed by atoms with Crippen LogP contribution in [0, 0.1) is 5.41 Å². The maximum Gasteiger partial charge on any atom is -0.0625 e. The summed E-state index contributed by atoms with van der Waals surface area (Å²) in [6, 6.07) is 0. The highest BCUT2D eigenvalue weighted by atomic mass is 16.3. The molecular formula is C5H10O2-2. The molecule has 0 aromatic carbocycles. The highest BCUT2D eigenvalue weighted by molar-refractivity contribution is 4.61. The summed E-state index contributed by atoms with van der Waals surface area (Å²) >= 11 is 0. The quantitative estimate of drug-likeness (QED) is 0.436. The zero-order chi connectivity index (χ0) is 5.91. The Bertz CT molecular complexity index is 44.0. The first-order valence-corrected chi connectivity index (χ1v) is 2.28. The zero-order valence-electron chi connectivity index (χ0n) is 4.73. The van der Waals surface area contributed by atoms with Crippen LogP contribution in [-0.4, -0.2) is 13.2 Å². The first-order valence-electron chi connectivity index (χ1n) is 2.28. The van der Waals surface area contributed by atoms with E-state index in [9.17, 15) is 10.2 Å². The molecule has 0 amide bonds. The van der Waals surface area contributed by atoms with Crippen LogP contribution in [0.1, 0.15) is 13.8 Å². The molecule has 0 saturated carbocycles. The van der Waals surface area contributed by atoms with Crippen LogP contribution in [0.25, 0.3) is 0 Å². The van der Waals surface area contributed by atoms with Gasteiger partial charge < -0.3 is 10.2 Å². The van der Waals surface area contributed by atoms with Gasteiger partial charge in [0.05, 0.1) is 0 Å². The first-order chi connectivity index (χ1) is 3.12. The minimum atomic E-state index is -0.528. The summed E-state index contributed by atoms with van der Waals surface area (Å²) in [6.45, 7) is 2.81. The molecule has 0 unspecified atom stereocenters. The van der Waals surface area contributed by atoms with Gasteiger partial charge in [0.2, 0.25) is 0 Å². The van der Waals surface area contributed by atoms with Gasteiger partial charge in [-0.25, -0.2) is 0 Å². The maximum atomic E-state index is 9.98. The predicted octanol–water partition coefficient (Wildman–Crippen LogP) is -1.27. The second-order valence-electron chi connectivity index (χ2n) is 2.45. The van der Waals surface area contributed by atoms with E-state index in [4.69, 9.17) is 0 Å². The fraction of sp³-hybridized carbons (Fsp3) is 1.00. The fourth-order valence-electron chi connectivity index (χ4n) is 0.0417. The molecule has 0 fully saturated rings. The SMILES string of the molecule is CC(C)(C[O-])C[O-]. The molecule has 44 valence electrons. The molecule has 0 aromatic rings. The number of hydrogen-bond donors (Lipinski definition) is 0. The van der Waals surface area contributed by atoms with Gasteiger partial charge in [-0.05, 0) is 0 Å². The van der Waals surface area contributed by atoms with E-state index in [0.29, 0.717) is 0 Å². The average Bonchev–Trinajstić information content (AvgIpc) is 1.68. The van der Waals surface area contributed by atoms with Crippen LogP contribution in [0.4, 0.5) is 0 Å². The Kier molecular flexibility index (Phi) is 2.26. The first kappa shape index (κ1) is 6.92. The van der Waals surface area contributed by atoms with Crippen LogP contribution in [0.15, 0.2) is 0 Å². The lowest BCUT2D eigenvalue weighted by Gasteiger charge is -2.31. The van der Waals surface area contributed by atoms with Crippen molar-refractivity contribution in [1.82, 2.24) is 0 Å². The van der Waals surface area contributed by atoms with E-state index in [1.165, 1.54) is 0 Å². The van der Waals surface area contributed by atoms with Crippen molar-refractivity contribution >= 4 is 0 Å². The van der Waals surface area contributed by atoms with Crippen molar-refractivity contribution in [2.24, 2.45) is 5.41 Å². The van der Waals surface area contributed by atoms with Crippen molar-refractivity contribution < 1.29 is 10.2 Å². The molecule has 0 atom stereocenters. The Morgan fingerprint density at radius 3 is 1.43 bits per heavy atom. The molecule has 0 rings (SSSR count). The van der Waals surface area contributed by atoms with Crippen LogP contribution in [-0.2, 0) is 0 Å². The Hall–Kier alpha value is -0.0800. The van der Waals surface area contributed by atoms with Crippen molar-refractivity contribution in [1.29, 1.82) is 0 Å². The number of hydrogen-bond acceptors (Lipinski definition) is 2. The molecule has 0 N–H and O–H groups in total.